The molecule has 1 aliphatic carbocycles. The molecule has 1 aromatic carbocycles. The highest BCUT2D eigenvalue weighted by atomic mass is 35.5. The summed E-state index contributed by atoms with van der Waals surface area (Å²) >= 11 is 6.03. The lowest BCUT2D eigenvalue weighted by atomic mass is 9.64. The van der Waals surface area contributed by atoms with Crippen LogP contribution < -0.4 is 10.6 Å². The van der Waals surface area contributed by atoms with Gasteiger partial charge in [0.2, 0.25) is 0 Å². The summed E-state index contributed by atoms with van der Waals surface area (Å²) in [5.74, 6) is 0.862. The maximum absolute atomic E-state index is 6.03. The molecule has 1 heterocycles. The largest absolute Gasteiger partial charge is 0.356 e. The molecule has 1 saturated carbocycles. The van der Waals surface area contributed by atoms with Gasteiger partial charge in [-0.15, -0.1) is 0 Å². The number of halogens is 1. The number of hydrogen-bond acceptors (Lipinski definition) is 2. The van der Waals surface area contributed by atoms with Crippen LogP contribution in [-0.2, 0) is 12.0 Å². The van der Waals surface area contributed by atoms with Crippen LogP contribution in [-0.4, -0.2) is 35.9 Å². The number of hydrogen-bond donors (Lipinski definition) is 2. The molecule has 134 valence electrons. The first-order valence-electron chi connectivity index (χ1n) is 8.90. The van der Waals surface area contributed by atoms with E-state index in [0.29, 0.717) is 0 Å². The number of nitrogens with one attached hydrogen (secondary N) is 2. The molecule has 0 unspecified atom stereocenters. The molecule has 2 N–H and O–H groups in total. The second-order valence-corrected chi connectivity index (χ2v) is 7.05. The third-order valence-corrected chi connectivity index (χ3v) is 5.25. The first kappa shape index (κ1) is 17.8. The van der Waals surface area contributed by atoms with Gasteiger partial charge < -0.3 is 10.6 Å². The van der Waals surface area contributed by atoms with Crippen LogP contribution in [0, 0.1) is 0 Å². The Balaban J connectivity index is 1.47. The lowest BCUT2D eigenvalue weighted by molar-refractivity contribution is 0.244. The van der Waals surface area contributed by atoms with E-state index in [4.69, 9.17) is 11.6 Å². The highest BCUT2D eigenvalue weighted by Crippen LogP contribution is 2.43. The first-order valence-corrected chi connectivity index (χ1v) is 9.28. The molecular weight excluding hydrogens is 334 g/mol. The lowest BCUT2D eigenvalue weighted by Crippen LogP contribution is -2.49. The molecular formula is C19H26ClN5. The molecule has 6 heteroatoms. The highest BCUT2D eigenvalue weighted by molar-refractivity contribution is 6.30. The van der Waals surface area contributed by atoms with Crippen molar-refractivity contribution in [2.24, 2.45) is 4.99 Å². The molecule has 0 bridgehead atoms. The van der Waals surface area contributed by atoms with Crippen molar-refractivity contribution in [3.05, 3.63) is 53.3 Å². The van der Waals surface area contributed by atoms with Gasteiger partial charge in [0, 0.05) is 49.5 Å². The van der Waals surface area contributed by atoms with Crippen molar-refractivity contribution in [2.75, 3.05) is 20.1 Å². The number of rotatable bonds is 7. The Hall–Kier alpha value is -2.01. The zero-order chi connectivity index (χ0) is 17.5. The predicted octanol–water partition coefficient (Wildman–Crippen LogP) is 3.21. The van der Waals surface area contributed by atoms with Crippen molar-refractivity contribution in [1.29, 1.82) is 0 Å². The normalized spacial score (nSPS) is 16.3. The average molecular weight is 360 g/mol. The van der Waals surface area contributed by atoms with Crippen LogP contribution in [0.25, 0.3) is 0 Å². The zero-order valence-corrected chi connectivity index (χ0v) is 15.5. The van der Waals surface area contributed by atoms with E-state index in [-0.39, 0.29) is 5.41 Å². The summed E-state index contributed by atoms with van der Waals surface area (Å²) in [6, 6.07) is 10.2. The van der Waals surface area contributed by atoms with E-state index in [9.17, 15) is 0 Å². The van der Waals surface area contributed by atoms with Crippen LogP contribution in [0.15, 0.2) is 47.7 Å². The van der Waals surface area contributed by atoms with Crippen LogP contribution in [0.1, 0.15) is 31.2 Å². The second-order valence-electron chi connectivity index (χ2n) is 6.62. The number of benzene rings is 1. The van der Waals surface area contributed by atoms with Gasteiger partial charge in [0.05, 0.1) is 0 Å². The number of nitrogens with zero attached hydrogens (tertiary/aromatic N) is 3. The Morgan fingerprint density at radius 2 is 2.08 bits per heavy atom. The molecule has 1 aromatic heterocycles. The summed E-state index contributed by atoms with van der Waals surface area (Å²) < 4.78 is 1.95. The molecule has 0 aliphatic heterocycles. The minimum absolute atomic E-state index is 0.206. The quantitative estimate of drug-likeness (QED) is 0.453. The number of aryl methyl sites for hydroxylation is 1. The van der Waals surface area contributed by atoms with Gasteiger partial charge in [-0.2, -0.15) is 5.10 Å². The Bertz CT molecular complexity index is 674. The molecule has 1 aliphatic rings. The van der Waals surface area contributed by atoms with Crippen molar-refractivity contribution in [3.63, 3.8) is 0 Å². The monoisotopic (exact) mass is 359 g/mol. The van der Waals surface area contributed by atoms with E-state index in [1.54, 1.807) is 0 Å². The molecule has 3 rings (SSSR count). The number of aliphatic imine (C=N–C) groups is 1. The summed E-state index contributed by atoms with van der Waals surface area (Å²) in [7, 11) is 1.82. The molecule has 2 aromatic rings. The maximum atomic E-state index is 6.03. The van der Waals surface area contributed by atoms with Gasteiger partial charge in [-0.05, 0) is 43.0 Å². The van der Waals surface area contributed by atoms with E-state index >= 15 is 0 Å². The van der Waals surface area contributed by atoms with Crippen LogP contribution in [0.5, 0.6) is 0 Å². The maximum Gasteiger partial charge on any atom is 0.191 e. The van der Waals surface area contributed by atoms with Crippen molar-refractivity contribution < 1.29 is 0 Å². The van der Waals surface area contributed by atoms with Gasteiger partial charge in [0.15, 0.2) is 5.96 Å². The van der Waals surface area contributed by atoms with E-state index in [2.05, 4.69) is 32.9 Å². The third kappa shape index (κ3) is 4.54. The molecule has 1 fully saturated rings. The van der Waals surface area contributed by atoms with Crippen LogP contribution in [0.2, 0.25) is 5.02 Å². The summed E-state index contributed by atoms with van der Waals surface area (Å²) in [6.45, 7) is 2.67. The van der Waals surface area contributed by atoms with Gasteiger partial charge in [-0.3, -0.25) is 9.67 Å². The highest BCUT2D eigenvalue weighted by Gasteiger charge is 2.38. The van der Waals surface area contributed by atoms with Gasteiger partial charge in [-0.1, -0.05) is 30.2 Å². The Kier molecular flexibility index (Phi) is 5.97. The van der Waals surface area contributed by atoms with E-state index < -0.39 is 0 Å². The van der Waals surface area contributed by atoms with Crippen molar-refractivity contribution in [1.82, 2.24) is 20.4 Å². The fourth-order valence-corrected chi connectivity index (χ4v) is 3.45. The zero-order valence-electron chi connectivity index (χ0n) is 14.7. The first-order chi connectivity index (χ1) is 12.2. The van der Waals surface area contributed by atoms with Crippen LogP contribution in [0.3, 0.4) is 0 Å². The van der Waals surface area contributed by atoms with Crippen molar-refractivity contribution in [2.45, 2.75) is 37.6 Å². The lowest BCUT2D eigenvalue weighted by Gasteiger charge is -2.43. The second kappa shape index (κ2) is 8.39. The average Bonchev–Trinajstić information content (AvgIpc) is 3.10. The minimum atomic E-state index is 0.206. The van der Waals surface area contributed by atoms with Gasteiger partial charge in [-0.25, -0.2) is 0 Å². The standard InChI is InChI=1S/C19H26ClN5/c1-21-18(22-11-3-13-25-14-4-12-24-25)23-15-19(9-2-10-19)16-5-7-17(20)8-6-16/h4-8,12,14H,2-3,9-11,13,15H2,1H3,(H2,21,22,23). The summed E-state index contributed by atoms with van der Waals surface area (Å²) in [6.07, 6.45) is 8.49. The number of aromatic nitrogens is 2. The van der Waals surface area contributed by atoms with Crippen LogP contribution in [0.4, 0.5) is 0 Å². The molecule has 0 amide bonds. The molecule has 0 spiro atoms. The van der Waals surface area contributed by atoms with E-state index in [1.807, 2.05) is 42.3 Å². The number of guanidine groups is 1. The van der Waals surface area contributed by atoms with Crippen LogP contribution >= 0.6 is 11.6 Å². The predicted molar refractivity (Wildman–Crippen MR) is 103 cm³/mol. The van der Waals surface area contributed by atoms with E-state index in [0.717, 1.165) is 37.0 Å². The van der Waals surface area contributed by atoms with Gasteiger partial charge in [0.1, 0.15) is 0 Å². The fourth-order valence-electron chi connectivity index (χ4n) is 3.33. The van der Waals surface area contributed by atoms with Gasteiger partial charge >= 0.3 is 0 Å². The van der Waals surface area contributed by atoms with Gasteiger partial charge in [0.25, 0.3) is 0 Å². The summed E-state index contributed by atoms with van der Waals surface area (Å²) in [4.78, 5) is 4.34. The van der Waals surface area contributed by atoms with Crippen molar-refractivity contribution in [3.8, 4) is 0 Å². The molecule has 25 heavy (non-hydrogen) atoms. The summed E-state index contributed by atoms with van der Waals surface area (Å²) in [5, 5.41) is 11.9. The van der Waals surface area contributed by atoms with E-state index in [1.165, 1.54) is 24.8 Å². The molecule has 0 atom stereocenters. The van der Waals surface area contributed by atoms with Crippen molar-refractivity contribution >= 4 is 17.6 Å². The Morgan fingerprint density at radius 3 is 2.68 bits per heavy atom. The third-order valence-electron chi connectivity index (χ3n) is 5.00. The summed E-state index contributed by atoms with van der Waals surface area (Å²) in [5.41, 5.74) is 1.57. The Labute approximate surface area is 154 Å². The molecule has 5 nitrogen and oxygen atoms in total. The fraction of sp³-hybridized carbons (Fsp3) is 0.474. The Morgan fingerprint density at radius 1 is 1.28 bits per heavy atom. The minimum Gasteiger partial charge on any atom is -0.356 e. The molecule has 0 saturated heterocycles. The topological polar surface area (TPSA) is 54.2 Å². The SMILES string of the molecule is CN=C(NCCCn1cccn1)NCC1(c2ccc(Cl)cc2)CCC1. The molecule has 0 radical (unpaired) electrons. The smallest absolute Gasteiger partial charge is 0.191 e.